The second-order valence-electron chi connectivity index (χ2n) is 3.80. The lowest BCUT2D eigenvalue weighted by molar-refractivity contribution is 0.539. The topological polar surface area (TPSA) is 71.1 Å². The monoisotopic (exact) mass is 237 g/mol. The van der Waals surface area contributed by atoms with Crippen LogP contribution >= 0.6 is 0 Å². The average Bonchev–Trinajstić information content (AvgIpc) is 2.23. The van der Waals surface area contributed by atoms with Crippen LogP contribution in [0.25, 0.3) is 0 Å². The van der Waals surface area contributed by atoms with Gasteiger partial charge in [0.15, 0.2) is 0 Å². The number of halogens is 1. The third kappa shape index (κ3) is 4.55. The van der Waals surface area contributed by atoms with E-state index in [1.165, 1.54) is 18.2 Å². The summed E-state index contributed by atoms with van der Waals surface area (Å²) in [6.07, 6.45) is 3.06. The van der Waals surface area contributed by atoms with Gasteiger partial charge in [-0.3, -0.25) is 5.41 Å². The molecule has 5 heteroatoms. The van der Waals surface area contributed by atoms with E-state index in [2.05, 4.69) is 5.32 Å². The number of ether oxygens (including phenoxy) is 1. The molecule has 0 heterocycles. The molecule has 0 fully saturated rings. The minimum atomic E-state index is -0.556. The molecule has 17 heavy (non-hydrogen) atoms. The lowest BCUT2D eigenvalue weighted by Gasteiger charge is -2.06. The summed E-state index contributed by atoms with van der Waals surface area (Å²) in [4.78, 5) is 0. The SMILES string of the molecule is CC(C)N/C=C\C(=N)Oc1ccc(N)c(F)c1. The van der Waals surface area contributed by atoms with Crippen molar-refractivity contribution >= 4 is 11.6 Å². The highest BCUT2D eigenvalue weighted by Crippen LogP contribution is 2.18. The molecule has 1 rings (SSSR count). The van der Waals surface area contributed by atoms with Gasteiger partial charge in [0.1, 0.15) is 11.6 Å². The standard InChI is InChI=1S/C12H16FN3O/c1-8(2)16-6-5-12(15)17-9-3-4-11(14)10(13)7-9/h3-8,15-16H,14H2,1-2H3/b6-5-,15-12?. The van der Waals surface area contributed by atoms with Crippen molar-refractivity contribution in [2.75, 3.05) is 5.73 Å². The molecule has 0 saturated heterocycles. The molecule has 4 nitrogen and oxygen atoms in total. The fourth-order valence-electron chi connectivity index (χ4n) is 1.05. The Morgan fingerprint density at radius 1 is 1.53 bits per heavy atom. The molecule has 0 radical (unpaired) electrons. The molecule has 0 aliphatic carbocycles. The Hall–Kier alpha value is -2.04. The molecule has 0 aromatic heterocycles. The van der Waals surface area contributed by atoms with Crippen molar-refractivity contribution in [1.82, 2.24) is 5.32 Å². The predicted molar refractivity (Wildman–Crippen MR) is 66.6 cm³/mol. The Balaban J connectivity index is 2.56. The number of nitrogens with two attached hydrogens (primary N) is 1. The number of rotatable bonds is 4. The van der Waals surface area contributed by atoms with Crippen LogP contribution in [0.1, 0.15) is 13.8 Å². The van der Waals surface area contributed by atoms with Crippen LogP contribution in [0.4, 0.5) is 10.1 Å². The van der Waals surface area contributed by atoms with Gasteiger partial charge in [0.25, 0.3) is 0 Å². The Morgan fingerprint density at radius 2 is 2.24 bits per heavy atom. The average molecular weight is 237 g/mol. The first-order chi connectivity index (χ1) is 7.99. The van der Waals surface area contributed by atoms with E-state index in [1.807, 2.05) is 13.8 Å². The molecule has 0 unspecified atom stereocenters. The molecule has 0 aliphatic rings. The van der Waals surface area contributed by atoms with Gasteiger partial charge in [0.05, 0.1) is 5.69 Å². The van der Waals surface area contributed by atoms with E-state index in [0.717, 1.165) is 6.07 Å². The van der Waals surface area contributed by atoms with Crippen molar-refractivity contribution in [3.63, 3.8) is 0 Å². The van der Waals surface area contributed by atoms with E-state index in [-0.39, 0.29) is 23.4 Å². The highest BCUT2D eigenvalue weighted by molar-refractivity contribution is 5.86. The van der Waals surface area contributed by atoms with E-state index in [0.29, 0.717) is 0 Å². The molecule has 92 valence electrons. The zero-order chi connectivity index (χ0) is 12.8. The lowest BCUT2D eigenvalue weighted by atomic mass is 10.3. The number of nitrogen functional groups attached to an aromatic ring is 1. The molecular formula is C12H16FN3O. The second-order valence-corrected chi connectivity index (χ2v) is 3.80. The van der Waals surface area contributed by atoms with Gasteiger partial charge in [-0.1, -0.05) is 0 Å². The summed E-state index contributed by atoms with van der Waals surface area (Å²) in [5.41, 5.74) is 5.38. The van der Waals surface area contributed by atoms with Crippen LogP contribution in [0.5, 0.6) is 5.75 Å². The molecule has 0 atom stereocenters. The van der Waals surface area contributed by atoms with E-state index in [9.17, 15) is 4.39 Å². The van der Waals surface area contributed by atoms with Crippen molar-refractivity contribution in [2.45, 2.75) is 19.9 Å². The second kappa shape index (κ2) is 5.89. The molecule has 4 N–H and O–H groups in total. The van der Waals surface area contributed by atoms with Gasteiger partial charge >= 0.3 is 0 Å². The Labute approximate surface area is 99.8 Å². The first-order valence-electron chi connectivity index (χ1n) is 5.23. The summed E-state index contributed by atoms with van der Waals surface area (Å²) < 4.78 is 18.2. The summed E-state index contributed by atoms with van der Waals surface area (Å²) in [6, 6.07) is 4.34. The fourth-order valence-corrected chi connectivity index (χ4v) is 1.05. The first-order valence-corrected chi connectivity index (χ1v) is 5.23. The van der Waals surface area contributed by atoms with Crippen LogP contribution in [0.15, 0.2) is 30.5 Å². The summed E-state index contributed by atoms with van der Waals surface area (Å²) in [6.45, 7) is 3.95. The van der Waals surface area contributed by atoms with Crippen LogP contribution in [0.2, 0.25) is 0 Å². The van der Waals surface area contributed by atoms with Gasteiger partial charge in [-0.15, -0.1) is 0 Å². The Bertz CT molecular complexity index is 430. The van der Waals surface area contributed by atoms with E-state index in [4.69, 9.17) is 15.9 Å². The lowest BCUT2D eigenvalue weighted by Crippen LogP contribution is -2.16. The quantitative estimate of drug-likeness (QED) is 0.427. The van der Waals surface area contributed by atoms with Crippen molar-refractivity contribution in [2.24, 2.45) is 0 Å². The maximum Gasteiger partial charge on any atom is 0.213 e. The van der Waals surface area contributed by atoms with Gasteiger partial charge in [0.2, 0.25) is 5.90 Å². The minimum absolute atomic E-state index is 0.0564. The molecule has 0 aliphatic heterocycles. The summed E-state index contributed by atoms with van der Waals surface area (Å²) in [5.74, 6) is -0.391. The number of hydrogen-bond donors (Lipinski definition) is 3. The van der Waals surface area contributed by atoms with Crippen LogP contribution < -0.4 is 15.8 Å². The third-order valence-electron chi connectivity index (χ3n) is 1.86. The van der Waals surface area contributed by atoms with Gasteiger partial charge in [-0.05, 0) is 26.0 Å². The van der Waals surface area contributed by atoms with Crippen LogP contribution in [0, 0.1) is 11.2 Å². The normalized spacial score (nSPS) is 10.8. The Kier molecular flexibility index (Phi) is 4.51. The number of nitrogens with one attached hydrogen (secondary N) is 2. The van der Waals surface area contributed by atoms with Crippen molar-refractivity contribution in [3.05, 3.63) is 36.3 Å². The van der Waals surface area contributed by atoms with E-state index < -0.39 is 5.82 Å². The highest BCUT2D eigenvalue weighted by atomic mass is 19.1. The van der Waals surface area contributed by atoms with Gasteiger partial charge in [-0.2, -0.15) is 0 Å². The summed E-state index contributed by atoms with van der Waals surface area (Å²) in [5, 5.41) is 10.5. The smallest absolute Gasteiger partial charge is 0.213 e. The molecule has 0 spiro atoms. The van der Waals surface area contributed by atoms with E-state index >= 15 is 0 Å². The highest BCUT2D eigenvalue weighted by Gasteiger charge is 2.02. The van der Waals surface area contributed by atoms with Crippen LogP contribution in [0.3, 0.4) is 0 Å². The van der Waals surface area contributed by atoms with E-state index in [1.54, 1.807) is 6.20 Å². The Morgan fingerprint density at radius 3 is 2.82 bits per heavy atom. The molecule has 0 amide bonds. The number of benzene rings is 1. The first kappa shape index (κ1) is 13.0. The van der Waals surface area contributed by atoms with Crippen molar-refractivity contribution in [1.29, 1.82) is 5.41 Å². The number of anilines is 1. The number of hydrogen-bond acceptors (Lipinski definition) is 4. The maximum atomic E-state index is 13.1. The largest absolute Gasteiger partial charge is 0.439 e. The zero-order valence-electron chi connectivity index (χ0n) is 9.83. The van der Waals surface area contributed by atoms with Crippen molar-refractivity contribution < 1.29 is 9.13 Å². The minimum Gasteiger partial charge on any atom is -0.439 e. The molecular weight excluding hydrogens is 221 g/mol. The molecule has 0 bridgehead atoms. The van der Waals surface area contributed by atoms with Gasteiger partial charge < -0.3 is 15.8 Å². The van der Waals surface area contributed by atoms with Crippen LogP contribution in [-0.2, 0) is 0 Å². The predicted octanol–water partition coefficient (Wildman–Crippen LogP) is 2.28. The van der Waals surface area contributed by atoms with Crippen molar-refractivity contribution in [3.8, 4) is 5.75 Å². The van der Waals surface area contributed by atoms with Gasteiger partial charge in [0, 0.05) is 24.4 Å². The third-order valence-corrected chi connectivity index (χ3v) is 1.86. The van der Waals surface area contributed by atoms with Crippen LogP contribution in [-0.4, -0.2) is 11.9 Å². The zero-order valence-corrected chi connectivity index (χ0v) is 9.83. The maximum absolute atomic E-state index is 13.1. The molecule has 1 aromatic rings. The molecule has 0 saturated carbocycles. The molecule has 1 aromatic carbocycles. The van der Waals surface area contributed by atoms with Gasteiger partial charge in [-0.25, -0.2) is 4.39 Å². The fraction of sp³-hybridized carbons (Fsp3) is 0.250. The summed E-state index contributed by atoms with van der Waals surface area (Å²) >= 11 is 0. The summed E-state index contributed by atoms with van der Waals surface area (Å²) in [7, 11) is 0.